The van der Waals surface area contributed by atoms with Gasteiger partial charge in [-0.2, -0.15) is 0 Å². The van der Waals surface area contributed by atoms with Crippen molar-refractivity contribution in [3.63, 3.8) is 0 Å². The average molecular weight is 599 g/mol. The summed E-state index contributed by atoms with van der Waals surface area (Å²) in [5, 5.41) is 6.47. The number of carbonyl (C=O) groups excluding carboxylic acids is 1. The Morgan fingerprint density at radius 2 is 1.97 bits per heavy atom. The average Bonchev–Trinajstić information content (AvgIpc) is 2.89. The van der Waals surface area contributed by atoms with Crippen molar-refractivity contribution in [1.82, 2.24) is 14.3 Å². The van der Waals surface area contributed by atoms with Crippen LogP contribution in [0.25, 0.3) is 11.3 Å². The molecule has 12 heteroatoms. The fourth-order valence-corrected chi connectivity index (χ4v) is 6.88. The first-order valence-corrected chi connectivity index (χ1v) is 15.6. The predicted octanol–water partition coefficient (Wildman–Crippen LogP) is 5.46. The summed E-state index contributed by atoms with van der Waals surface area (Å²) in [5.74, 6) is 0.674. The van der Waals surface area contributed by atoms with Crippen molar-refractivity contribution in [2.24, 2.45) is 11.8 Å². The van der Waals surface area contributed by atoms with E-state index in [1.54, 1.807) is 26.0 Å². The van der Waals surface area contributed by atoms with E-state index in [0.717, 1.165) is 26.0 Å². The second-order valence-electron chi connectivity index (χ2n) is 11.2. The van der Waals surface area contributed by atoms with Crippen molar-refractivity contribution < 1.29 is 17.9 Å². The molecule has 0 aromatic carbocycles. The zero-order valence-electron chi connectivity index (χ0n) is 22.8. The standard InChI is InChI=1S/C27H37Cl2N5O4S/c1-17(2)39(36,37)34-10-5-6-19(16-34)26(35)33-24-12-20(22(29)15-31-24)25-21(28)7-8-23(32-25)30-14-18-9-11-38-27(3,4)13-18/h7-8,12,15,17-19H,5-6,9-11,13-14,16H2,1-4H3,(H,30,32)(H,31,33,35)/t18?,19-/m0/s1. The normalized spacial score (nSPS) is 22.0. The van der Waals surface area contributed by atoms with Gasteiger partial charge in [0.2, 0.25) is 15.9 Å². The zero-order valence-corrected chi connectivity index (χ0v) is 25.2. The van der Waals surface area contributed by atoms with Crippen LogP contribution in [0.3, 0.4) is 0 Å². The maximum absolute atomic E-state index is 13.1. The molecule has 1 unspecified atom stereocenters. The van der Waals surface area contributed by atoms with Crippen LogP contribution in [0.4, 0.5) is 11.6 Å². The summed E-state index contributed by atoms with van der Waals surface area (Å²) in [4.78, 5) is 22.1. The summed E-state index contributed by atoms with van der Waals surface area (Å²) in [6.45, 7) is 9.59. The maximum Gasteiger partial charge on any atom is 0.229 e. The molecule has 0 radical (unpaired) electrons. The number of nitrogens with one attached hydrogen (secondary N) is 2. The van der Waals surface area contributed by atoms with Crippen LogP contribution in [0.2, 0.25) is 10.0 Å². The fourth-order valence-electron chi connectivity index (χ4n) is 5.11. The van der Waals surface area contributed by atoms with E-state index in [9.17, 15) is 13.2 Å². The van der Waals surface area contributed by atoms with Gasteiger partial charge in [-0.25, -0.2) is 22.7 Å². The number of pyridine rings is 2. The molecule has 2 N–H and O–H groups in total. The van der Waals surface area contributed by atoms with E-state index in [1.165, 1.54) is 10.5 Å². The van der Waals surface area contributed by atoms with E-state index in [4.69, 9.17) is 32.9 Å². The van der Waals surface area contributed by atoms with E-state index in [-0.39, 0.29) is 18.1 Å². The first-order chi connectivity index (χ1) is 18.4. The molecule has 2 saturated heterocycles. The van der Waals surface area contributed by atoms with Crippen LogP contribution in [0.15, 0.2) is 24.4 Å². The highest BCUT2D eigenvalue weighted by molar-refractivity contribution is 7.89. The van der Waals surface area contributed by atoms with Crippen molar-refractivity contribution in [3.8, 4) is 11.3 Å². The Labute approximate surface area is 241 Å². The summed E-state index contributed by atoms with van der Waals surface area (Å²) in [5.41, 5.74) is 0.881. The Morgan fingerprint density at radius 1 is 1.21 bits per heavy atom. The molecule has 2 aromatic rings. The van der Waals surface area contributed by atoms with Gasteiger partial charge in [-0.15, -0.1) is 0 Å². The van der Waals surface area contributed by atoms with E-state index >= 15 is 0 Å². The molecule has 2 fully saturated rings. The molecule has 0 saturated carbocycles. The second kappa shape index (κ2) is 12.3. The zero-order chi connectivity index (χ0) is 28.4. The lowest BCUT2D eigenvalue weighted by Gasteiger charge is -2.35. The van der Waals surface area contributed by atoms with Crippen molar-refractivity contribution >= 4 is 50.8 Å². The molecule has 4 rings (SSSR count). The first kappa shape index (κ1) is 30.0. The molecule has 0 aliphatic carbocycles. The van der Waals surface area contributed by atoms with Crippen molar-refractivity contribution in [2.75, 3.05) is 36.9 Å². The Morgan fingerprint density at radius 3 is 2.69 bits per heavy atom. The number of ether oxygens (including phenoxy) is 1. The molecular weight excluding hydrogens is 561 g/mol. The van der Waals surface area contributed by atoms with Gasteiger partial charge in [0, 0.05) is 38.0 Å². The number of halogens is 2. The summed E-state index contributed by atoms with van der Waals surface area (Å²) >= 11 is 13.0. The highest BCUT2D eigenvalue weighted by Crippen LogP contribution is 2.35. The minimum atomic E-state index is -3.43. The van der Waals surface area contributed by atoms with Gasteiger partial charge < -0.3 is 15.4 Å². The van der Waals surface area contributed by atoms with E-state index in [0.29, 0.717) is 58.2 Å². The highest BCUT2D eigenvalue weighted by Gasteiger charge is 2.34. The largest absolute Gasteiger partial charge is 0.376 e. The van der Waals surface area contributed by atoms with Crippen LogP contribution >= 0.6 is 23.2 Å². The fraction of sp³-hybridized carbons (Fsp3) is 0.593. The van der Waals surface area contributed by atoms with Gasteiger partial charge in [0.05, 0.1) is 32.5 Å². The van der Waals surface area contributed by atoms with Crippen molar-refractivity contribution in [3.05, 3.63) is 34.4 Å². The monoisotopic (exact) mass is 597 g/mol. The number of anilines is 2. The number of hydrogen-bond donors (Lipinski definition) is 2. The number of carbonyl (C=O) groups is 1. The van der Waals surface area contributed by atoms with Crippen LogP contribution in [-0.2, 0) is 19.6 Å². The Bertz CT molecular complexity index is 1310. The van der Waals surface area contributed by atoms with E-state index in [1.807, 2.05) is 6.07 Å². The summed E-state index contributed by atoms with van der Waals surface area (Å²) in [6.07, 6.45) is 4.61. The minimum Gasteiger partial charge on any atom is -0.376 e. The quantitative estimate of drug-likeness (QED) is 0.415. The van der Waals surface area contributed by atoms with Crippen LogP contribution in [-0.4, -0.2) is 65.7 Å². The molecule has 1 amide bonds. The molecule has 2 aliphatic heterocycles. The van der Waals surface area contributed by atoms with Gasteiger partial charge >= 0.3 is 0 Å². The molecule has 4 heterocycles. The van der Waals surface area contributed by atoms with Crippen LogP contribution in [0.1, 0.15) is 53.4 Å². The second-order valence-corrected chi connectivity index (χ2v) is 14.5. The Hall–Kier alpha value is -1.98. The molecule has 2 aliphatic rings. The van der Waals surface area contributed by atoms with Crippen LogP contribution < -0.4 is 10.6 Å². The lowest BCUT2D eigenvalue weighted by molar-refractivity contribution is -0.120. The van der Waals surface area contributed by atoms with E-state index < -0.39 is 21.2 Å². The van der Waals surface area contributed by atoms with Gasteiger partial charge in [0.25, 0.3) is 0 Å². The van der Waals surface area contributed by atoms with Gasteiger partial charge in [-0.1, -0.05) is 23.2 Å². The molecular formula is C27H37Cl2N5O4S. The summed E-state index contributed by atoms with van der Waals surface area (Å²) in [6, 6.07) is 5.24. The third-order valence-electron chi connectivity index (χ3n) is 7.29. The number of sulfonamides is 1. The highest BCUT2D eigenvalue weighted by atomic mass is 35.5. The molecule has 214 valence electrons. The molecule has 39 heavy (non-hydrogen) atoms. The van der Waals surface area contributed by atoms with Gasteiger partial charge in [0.15, 0.2) is 0 Å². The minimum absolute atomic E-state index is 0.132. The SMILES string of the molecule is CC(C)S(=O)(=O)N1CCC[C@H](C(=O)Nc2cc(-c3nc(NCC4CCOC(C)(C)C4)ccc3Cl)c(Cl)cn2)C1. The third kappa shape index (κ3) is 7.41. The number of nitrogens with zero attached hydrogens (tertiary/aromatic N) is 3. The lowest BCUT2D eigenvalue weighted by atomic mass is 9.88. The number of aromatic nitrogens is 2. The smallest absolute Gasteiger partial charge is 0.229 e. The van der Waals surface area contributed by atoms with Crippen molar-refractivity contribution in [2.45, 2.75) is 64.2 Å². The maximum atomic E-state index is 13.1. The predicted molar refractivity (Wildman–Crippen MR) is 156 cm³/mol. The van der Waals surface area contributed by atoms with Gasteiger partial charge in [0.1, 0.15) is 11.6 Å². The third-order valence-corrected chi connectivity index (χ3v) is 10.1. The number of piperidine rings is 1. The lowest BCUT2D eigenvalue weighted by Crippen LogP contribution is -2.46. The molecule has 0 bridgehead atoms. The Balaban J connectivity index is 1.47. The van der Waals surface area contributed by atoms with Gasteiger partial charge in [-0.3, -0.25) is 4.79 Å². The molecule has 0 spiro atoms. The van der Waals surface area contributed by atoms with Crippen LogP contribution in [0, 0.1) is 11.8 Å². The van der Waals surface area contributed by atoms with Gasteiger partial charge in [-0.05, 0) is 77.5 Å². The Kier molecular flexibility index (Phi) is 9.43. The molecule has 2 atom stereocenters. The van der Waals surface area contributed by atoms with Crippen molar-refractivity contribution in [1.29, 1.82) is 0 Å². The summed E-state index contributed by atoms with van der Waals surface area (Å²) in [7, 11) is -3.43. The number of hydrogen-bond acceptors (Lipinski definition) is 7. The van der Waals surface area contributed by atoms with E-state index in [2.05, 4.69) is 29.5 Å². The molecule has 9 nitrogen and oxygen atoms in total. The number of amides is 1. The topological polar surface area (TPSA) is 114 Å². The first-order valence-electron chi connectivity index (χ1n) is 13.4. The molecule has 2 aromatic heterocycles. The van der Waals surface area contributed by atoms with Crippen LogP contribution in [0.5, 0.6) is 0 Å². The number of rotatable bonds is 8. The summed E-state index contributed by atoms with van der Waals surface area (Å²) < 4.78 is 32.5.